The fourth-order valence-corrected chi connectivity index (χ4v) is 4.80. The van der Waals surface area contributed by atoms with Gasteiger partial charge in [0.05, 0.1) is 19.4 Å². The maximum atomic E-state index is 13.4. The minimum Gasteiger partial charge on any atom is -0.497 e. The number of thioether (sulfide) groups is 1. The van der Waals surface area contributed by atoms with E-state index in [4.69, 9.17) is 4.74 Å². The number of anilines is 1. The number of amides is 1. The smallest absolute Gasteiger partial charge is 0.332 e. The Labute approximate surface area is 213 Å². The van der Waals surface area contributed by atoms with Crippen molar-refractivity contribution in [2.45, 2.75) is 11.7 Å². The molecule has 0 aliphatic carbocycles. The Balaban J connectivity index is 1.55. The van der Waals surface area contributed by atoms with Crippen molar-refractivity contribution >= 4 is 40.3 Å². The maximum Gasteiger partial charge on any atom is 0.332 e. The number of methoxy groups -OCH3 is 1. The fraction of sp³-hybridized carbons (Fsp3) is 0.208. The van der Waals surface area contributed by atoms with Crippen molar-refractivity contribution in [3.63, 3.8) is 0 Å². The monoisotopic (exact) mass is 523 g/mol. The third kappa shape index (κ3) is 4.37. The molecule has 0 bridgehead atoms. The van der Waals surface area contributed by atoms with Crippen molar-refractivity contribution in [2.24, 2.45) is 14.1 Å². The number of imidazole rings is 1. The number of nitrogens with one attached hydrogen (secondary N) is 1. The summed E-state index contributed by atoms with van der Waals surface area (Å²) in [5.41, 5.74) is 0.827. The summed E-state index contributed by atoms with van der Waals surface area (Å²) in [6.45, 7) is 0.194. The van der Waals surface area contributed by atoms with Crippen LogP contribution < -0.4 is 21.3 Å². The number of hydrogen-bond acceptors (Lipinski definition) is 7. The lowest BCUT2D eigenvalue weighted by molar-refractivity contribution is -0.113. The van der Waals surface area contributed by atoms with Crippen LogP contribution in [-0.2, 0) is 25.4 Å². The second-order valence-electron chi connectivity index (χ2n) is 8.28. The van der Waals surface area contributed by atoms with Crippen LogP contribution in [0.1, 0.15) is 5.56 Å². The molecule has 0 unspecified atom stereocenters. The highest BCUT2D eigenvalue weighted by Gasteiger charge is 2.24. The van der Waals surface area contributed by atoms with Gasteiger partial charge in [-0.15, -0.1) is 10.2 Å². The van der Waals surface area contributed by atoms with Crippen LogP contribution in [0.4, 0.5) is 10.1 Å². The number of carbonyl (C=O) groups excluding carboxylic acids is 1. The van der Waals surface area contributed by atoms with E-state index < -0.39 is 11.2 Å². The molecule has 5 aromatic rings. The van der Waals surface area contributed by atoms with E-state index in [0.717, 1.165) is 21.9 Å². The summed E-state index contributed by atoms with van der Waals surface area (Å²) in [7, 11) is 4.50. The van der Waals surface area contributed by atoms with E-state index in [0.29, 0.717) is 28.0 Å². The average Bonchev–Trinajstić information content (AvgIpc) is 3.45. The molecule has 0 atom stereocenters. The van der Waals surface area contributed by atoms with Crippen LogP contribution in [0.25, 0.3) is 16.9 Å². The van der Waals surface area contributed by atoms with Gasteiger partial charge in [0.1, 0.15) is 11.6 Å². The third-order valence-corrected chi connectivity index (χ3v) is 6.82. The van der Waals surface area contributed by atoms with E-state index in [1.165, 1.54) is 23.7 Å². The Morgan fingerprint density at radius 1 is 1.08 bits per heavy atom. The molecule has 0 saturated heterocycles. The highest BCUT2D eigenvalue weighted by atomic mass is 32.2. The third-order valence-electron chi connectivity index (χ3n) is 5.89. The molecular formula is C24H22FN7O4S. The van der Waals surface area contributed by atoms with Gasteiger partial charge in [0.2, 0.25) is 11.7 Å². The molecule has 5 rings (SSSR count). The molecule has 0 saturated carbocycles. The molecule has 11 nitrogen and oxygen atoms in total. The first-order valence-corrected chi connectivity index (χ1v) is 12.1. The first kappa shape index (κ1) is 24.3. The van der Waals surface area contributed by atoms with Gasteiger partial charge in [-0.1, -0.05) is 30.0 Å². The van der Waals surface area contributed by atoms with Gasteiger partial charge >= 0.3 is 5.69 Å². The van der Waals surface area contributed by atoms with Crippen molar-refractivity contribution < 1.29 is 13.9 Å². The Kier molecular flexibility index (Phi) is 6.29. The number of aromatic nitrogens is 6. The molecular weight excluding hydrogens is 501 g/mol. The van der Waals surface area contributed by atoms with Gasteiger partial charge in [0.15, 0.2) is 16.3 Å². The van der Waals surface area contributed by atoms with E-state index in [-0.39, 0.29) is 29.5 Å². The normalized spacial score (nSPS) is 11.4. The molecule has 3 heterocycles. The Morgan fingerprint density at radius 2 is 1.84 bits per heavy atom. The van der Waals surface area contributed by atoms with E-state index >= 15 is 0 Å². The Morgan fingerprint density at radius 3 is 2.57 bits per heavy atom. The number of halogens is 1. The summed E-state index contributed by atoms with van der Waals surface area (Å²) in [6.07, 6.45) is 0. The first-order chi connectivity index (χ1) is 17.8. The van der Waals surface area contributed by atoms with Crippen molar-refractivity contribution in [3.8, 4) is 5.75 Å². The van der Waals surface area contributed by atoms with Gasteiger partial charge in [0.25, 0.3) is 5.56 Å². The summed E-state index contributed by atoms with van der Waals surface area (Å²) in [5.74, 6) is 0.267. The summed E-state index contributed by atoms with van der Waals surface area (Å²) in [4.78, 5) is 38.6. The van der Waals surface area contributed by atoms with Gasteiger partial charge in [-0.2, -0.15) is 0 Å². The van der Waals surface area contributed by atoms with Crippen LogP contribution in [0.2, 0.25) is 0 Å². The van der Waals surface area contributed by atoms with Gasteiger partial charge in [-0.05, 0) is 29.8 Å². The number of hydrogen-bond donors (Lipinski definition) is 1. The largest absolute Gasteiger partial charge is 0.497 e. The van der Waals surface area contributed by atoms with Crippen molar-refractivity contribution in [2.75, 3.05) is 18.2 Å². The highest BCUT2D eigenvalue weighted by molar-refractivity contribution is 7.99. The molecule has 0 radical (unpaired) electrons. The van der Waals surface area contributed by atoms with E-state index in [9.17, 15) is 18.8 Å². The second kappa shape index (κ2) is 9.58. The molecule has 190 valence electrons. The van der Waals surface area contributed by atoms with Crippen LogP contribution in [-0.4, -0.2) is 47.1 Å². The number of benzene rings is 2. The van der Waals surface area contributed by atoms with Crippen LogP contribution in [0.5, 0.6) is 5.75 Å². The lowest BCUT2D eigenvalue weighted by Crippen LogP contribution is -2.37. The molecule has 37 heavy (non-hydrogen) atoms. The fourth-order valence-electron chi connectivity index (χ4n) is 4.07. The van der Waals surface area contributed by atoms with E-state index in [2.05, 4.69) is 15.5 Å². The van der Waals surface area contributed by atoms with Crippen LogP contribution in [0.15, 0.2) is 63.3 Å². The lowest BCUT2D eigenvalue weighted by Gasteiger charge is -2.08. The lowest BCUT2D eigenvalue weighted by atomic mass is 10.2. The van der Waals surface area contributed by atoms with Gasteiger partial charge in [0, 0.05) is 25.8 Å². The molecule has 0 fully saturated rings. The number of carbonyl (C=O) groups is 1. The predicted octanol–water partition coefficient (Wildman–Crippen LogP) is 2.01. The van der Waals surface area contributed by atoms with Crippen LogP contribution >= 0.6 is 11.8 Å². The van der Waals surface area contributed by atoms with E-state index in [1.54, 1.807) is 59.5 Å². The van der Waals surface area contributed by atoms with Gasteiger partial charge < -0.3 is 10.1 Å². The number of fused-ring (bicyclic) bond motifs is 3. The summed E-state index contributed by atoms with van der Waals surface area (Å²) >= 11 is 1.11. The molecule has 0 aliphatic heterocycles. The maximum absolute atomic E-state index is 13.4. The van der Waals surface area contributed by atoms with Gasteiger partial charge in [-0.25, -0.2) is 13.6 Å². The zero-order chi connectivity index (χ0) is 26.3. The number of rotatable bonds is 7. The number of nitrogens with zero attached hydrogens (tertiary/aromatic N) is 6. The predicted molar refractivity (Wildman–Crippen MR) is 137 cm³/mol. The Hall–Kier alpha value is -4.39. The molecule has 0 aliphatic rings. The average molecular weight is 524 g/mol. The molecule has 0 spiro atoms. The number of ether oxygens (including phenoxy) is 1. The molecule has 1 N–H and O–H groups in total. The summed E-state index contributed by atoms with van der Waals surface area (Å²) in [6, 6.07) is 12.9. The van der Waals surface area contributed by atoms with Crippen molar-refractivity contribution in [1.82, 2.24) is 28.3 Å². The minimum absolute atomic E-state index is 0.00142. The highest BCUT2D eigenvalue weighted by Crippen LogP contribution is 2.25. The van der Waals surface area contributed by atoms with E-state index in [1.807, 2.05) is 0 Å². The minimum atomic E-state index is -0.515. The zero-order valence-corrected chi connectivity index (χ0v) is 21.0. The second-order valence-corrected chi connectivity index (χ2v) is 9.22. The zero-order valence-electron chi connectivity index (χ0n) is 20.1. The van der Waals surface area contributed by atoms with Crippen LogP contribution in [0.3, 0.4) is 0 Å². The first-order valence-electron chi connectivity index (χ1n) is 11.1. The summed E-state index contributed by atoms with van der Waals surface area (Å²) in [5, 5.41) is 11.6. The topological polar surface area (TPSA) is 117 Å². The molecule has 3 aromatic heterocycles. The quantitative estimate of drug-likeness (QED) is 0.324. The standard InChI is InChI=1S/C24H22FN7O4S/c1-29-20-19(21(34)30(2)24(29)35)31(12-14-7-9-15(25)10-8-14)22-27-28-23(32(20)22)37-13-18(33)26-16-5-4-6-17(11-16)36-3/h4-11H,12-13H2,1-3H3,(H,26,33). The molecule has 13 heteroatoms. The SMILES string of the molecule is COc1cccc(NC(=O)CSc2nnc3n(Cc4ccc(F)cc4)c4c(=O)n(C)c(=O)n(C)c4n23)c1. The molecule has 2 aromatic carbocycles. The van der Waals surface area contributed by atoms with Gasteiger partial charge in [-0.3, -0.25) is 23.3 Å². The number of aryl methyl sites for hydroxylation is 1. The summed E-state index contributed by atoms with van der Waals surface area (Å²) < 4.78 is 24.2. The Bertz CT molecular complexity index is 1770. The van der Waals surface area contributed by atoms with Crippen molar-refractivity contribution in [3.05, 3.63) is 80.7 Å². The van der Waals surface area contributed by atoms with Crippen molar-refractivity contribution in [1.29, 1.82) is 0 Å². The molecule has 1 amide bonds. The van der Waals surface area contributed by atoms with Crippen LogP contribution in [0, 0.1) is 5.82 Å².